The summed E-state index contributed by atoms with van der Waals surface area (Å²) < 4.78 is 13.3. The quantitative estimate of drug-likeness (QED) is 0.802. The standard InChI is InChI=1S/C19H22FN/c1-13(2)18-8-3-4-9-19(18)21-17-11-15(12-17)14-6-5-7-16(20)10-14/h3-10,13,15,17,21H,11-12H2,1-2H3. The van der Waals surface area contributed by atoms with Gasteiger partial charge in [-0.3, -0.25) is 0 Å². The summed E-state index contributed by atoms with van der Waals surface area (Å²) in [7, 11) is 0. The lowest BCUT2D eigenvalue weighted by molar-refractivity contribution is 0.372. The molecule has 110 valence electrons. The molecule has 1 saturated carbocycles. The number of hydrogen-bond acceptors (Lipinski definition) is 1. The Balaban J connectivity index is 1.63. The molecule has 1 fully saturated rings. The second-order valence-electron chi connectivity index (χ2n) is 6.31. The minimum Gasteiger partial charge on any atom is -0.382 e. The average Bonchev–Trinajstić information content (AvgIpc) is 2.42. The average molecular weight is 283 g/mol. The number of halogens is 1. The lowest BCUT2D eigenvalue weighted by Crippen LogP contribution is -2.34. The van der Waals surface area contributed by atoms with Crippen LogP contribution in [0, 0.1) is 5.82 Å². The van der Waals surface area contributed by atoms with Crippen molar-refractivity contribution in [3.8, 4) is 0 Å². The molecule has 0 saturated heterocycles. The zero-order chi connectivity index (χ0) is 14.8. The van der Waals surface area contributed by atoms with Crippen LogP contribution in [0.5, 0.6) is 0 Å². The smallest absolute Gasteiger partial charge is 0.123 e. The van der Waals surface area contributed by atoms with Gasteiger partial charge in [0.25, 0.3) is 0 Å². The summed E-state index contributed by atoms with van der Waals surface area (Å²) in [5.41, 5.74) is 3.74. The van der Waals surface area contributed by atoms with E-state index in [-0.39, 0.29) is 5.82 Å². The third kappa shape index (κ3) is 3.10. The number of benzene rings is 2. The molecule has 21 heavy (non-hydrogen) atoms. The molecule has 1 nitrogen and oxygen atoms in total. The first-order chi connectivity index (χ1) is 10.1. The minimum absolute atomic E-state index is 0.130. The van der Waals surface area contributed by atoms with E-state index in [1.165, 1.54) is 17.3 Å². The van der Waals surface area contributed by atoms with Gasteiger partial charge in [-0.1, -0.05) is 44.2 Å². The van der Waals surface area contributed by atoms with Crippen LogP contribution in [-0.4, -0.2) is 6.04 Å². The second kappa shape index (κ2) is 5.88. The maximum Gasteiger partial charge on any atom is 0.123 e. The van der Waals surface area contributed by atoms with Crippen molar-refractivity contribution in [3.05, 3.63) is 65.5 Å². The van der Waals surface area contributed by atoms with Crippen molar-refractivity contribution in [1.82, 2.24) is 0 Å². The second-order valence-corrected chi connectivity index (χ2v) is 6.31. The van der Waals surface area contributed by atoms with Crippen molar-refractivity contribution in [2.24, 2.45) is 0 Å². The first kappa shape index (κ1) is 14.1. The van der Waals surface area contributed by atoms with Gasteiger partial charge in [0.2, 0.25) is 0 Å². The maximum absolute atomic E-state index is 13.3. The molecule has 2 aromatic rings. The number of nitrogens with one attached hydrogen (secondary N) is 1. The summed E-state index contributed by atoms with van der Waals surface area (Å²) in [6.07, 6.45) is 2.16. The van der Waals surface area contributed by atoms with Gasteiger partial charge >= 0.3 is 0 Å². The Bertz CT molecular complexity index is 614. The summed E-state index contributed by atoms with van der Waals surface area (Å²) in [5, 5.41) is 3.65. The fourth-order valence-electron chi connectivity index (χ4n) is 3.12. The molecule has 0 heterocycles. The van der Waals surface area contributed by atoms with Gasteiger partial charge in [0, 0.05) is 11.7 Å². The van der Waals surface area contributed by atoms with Crippen molar-refractivity contribution >= 4 is 5.69 Å². The molecular weight excluding hydrogens is 261 g/mol. The highest BCUT2D eigenvalue weighted by molar-refractivity contribution is 5.53. The summed E-state index contributed by atoms with van der Waals surface area (Å²) in [6.45, 7) is 4.44. The van der Waals surface area contributed by atoms with E-state index in [1.807, 2.05) is 6.07 Å². The molecule has 1 N–H and O–H groups in total. The van der Waals surface area contributed by atoms with Gasteiger partial charge in [0.15, 0.2) is 0 Å². The summed E-state index contributed by atoms with van der Waals surface area (Å²) in [6, 6.07) is 16.0. The molecule has 0 aliphatic heterocycles. The molecule has 0 spiro atoms. The molecule has 0 atom stereocenters. The Morgan fingerprint density at radius 1 is 1.05 bits per heavy atom. The van der Waals surface area contributed by atoms with E-state index in [0.29, 0.717) is 17.9 Å². The summed E-state index contributed by atoms with van der Waals surface area (Å²) >= 11 is 0. The Hall–Kier alpha value is -1.83. The van der Waals surface area contributed by atoms with E-state index >= 15 is 0 Å². The first-order valence-corrected chi connectivity index (χ1v) is 7.74. The van der Waals surface area contributed by atoms with Crippen LogP contribution in [0.2, 0.25) is 0 Å². The minimum atomic E-state index is -0.130. The van der Waals surface area contributed by atoms with Crippen molar-refractivity contribution in [2.75, 3.05) is 5.32 Å². The predicted octanol–water partition coefficient (Wildman–Crippen LogP) is 5.31. The third-order valence-electron chi connectivity index (χ3n) is 4.40. The molecule has 2 aromatic carbocycles. The number of anilines is 1. The highest BCUT2D eigenvalue weighted by Gasteiger charge is 2.30. The lowest BCUT2D eigenvalue weighted by atomic mass is 9.75. The molecule has 0 amide bonds. The molecule has 0 radical (unpaired) electrons. The van der Waals surface area contributed by atoms with Crippen LogP contribution in [0.3, 0.4) is 0 Å². The van der Waals surface area contributed by atoms with E-state index in [2.05, 4.69) is 43.4 Å². The lowest BCUT2D eigenvalue weighted by Gasteiger charge is -2.37. The van der Waals surface area contributed by atoms with Crippen molar-refractivity contribution < 1.29 is 4.39 Å². The fraction of sp³-hybridized carbons (Fsp3) is 0.368. The van der Waals surface area contributed by atoms with Crippen LogP contribution in [0.25, 0.3) is 0 Å². The zero-order valence-corrected chi connectivity index (χ0v) is 12.6. The molecule has 0 aromatic heterocycles. The normalized spacial score (nSPS) is 21.1. The largest absolute Gasteiger partial charge is 0.382 e. The van der Waals surface area contributed by atoms with Crippen LogP contribution in [0.4, 0.5) is 10.1 Å². The molecule has 2 heteroatoms. The maximum atomic E-state index is 13.3. The molecule has 1 aliphatic carbocycles. The van der Waals surface area contributed by atoms with Gasteiger partial charge in [-0.05, 0) is 54.0 Å². The SMILES string of the molecule is CC(C)c1ccccc1NC1CC(c2cccc(F)c2)C1. The summed E-state index contributed by atoms with van der Waals surface area (Å²) in [5.74, 6) is 0.881. The molecule has 0 unspecified atom stereocenters. The van der Waals surface area contributed by atoms with Crippen LogP contribution in [-0.2, 0) is 0 Å². The topological polar surface area (TPSA) is 12.0 Å². The summed E-state index contributed by atoms with van der Waals surface area (Å²) in [4.78, 5) is 0. The van der Waals surface area contributed by atoms with Gasteiger partial charge in [-0.2, -0.15) is 0 Å². The first-order valence-electron chi connectivity index (χ1n) is 7.74. The monoisotopic (exact) mass is 283 g/mol. The van der Waals surface area contributed by atoms with Crippen LogP contribution in [0.15, 0.2) is 48.5 Å². The van der Waals surface area contributed by atoms with Crippen molar-refractivity contribution in [3.63, 3.8) is 0 Å². The molecule has 0 bridgehead atoms. The van der Waals surface area contributed by atoms with Gasteiger partial charge in [-0.25, -0.2) is 4.39 Å². The van der Waals surface area contributed by atoms with Gasteiger partial charge in [0.1, 0.15) is 5.82 Å². The van der Waals surface area contributed by atoms with Crippen LogP contribution in [0.1, 0.15) is 49.7 Å². The Kier molecular flexibility index (Phi) is 3.96. The van der Waals surface area contributed by atoms with E-state index in [0.717, 1.165) is 18.4 Å². The zero-order valence-electron chi connectivity index (χ0n) is 12.6. The Morgan fingerprint density at radius 3 is 2.52 bits per heavy atom. The Labute approximate surface area is 126 Å². The van der Waals surface area contributed by atoms with E-state index in [9.17, 15) is 4.39 Å². The van der Waals surface area contributed by atoms with E-state index in [4.69, 9.17) is 0 Å². The van der Waals surface area contributed by atoms with Crippen LogP contribution >= 0.6 is 0 Å². The van der Waals surface area contributed by atoms with Crippen molar-refractivity contribution in [1.29, 1.82) is 0 Å². The van der Waals surface area contributed by atoms with Gasteiger partial charge < -0.3 is 5.32 Å². The van der Waals surface area contributed by atoms with Gasteiger partial charge in [-0.15, -0.1) is 0 Å². The molecule has 3 rings (SSSR count). The highest BCUT2D eigenvalue weighted by atomic mass is 19.1. The molecular formula is C19H22FN. The highest BCUT2D eigenvalue weighted by Crippen LogP contribution is 2.39. The van der Waals surface area contributed by atoms with E-state index in [1.54, 1.807) is 12.1 Å². The number of hydrogen-bond donors (Lipinski definition) is 1. The Morgan fingerprint density at radius 2 is 1.81 bits per heavy atom. The van der Waals surface area contributed by atoms with E-state index < -0.39 is 0 Å². The van der Waals surface area contributed by atoms with Crippen LogP contribution < -0.4 is 5.32 Å². The number of rotatable bonds is 4. The molecule has 1 aliphatic rings. The van der Waals surface area contributed by atoms with Gasteiger partial charge in [0.05, 0.1) is 0 Å². The van der Waals surface area contributed by atoms with Crippen molar-refractivity contribution in [2.45, 2.75) is 44.6 Å². The fourth-order valence-corrected chi connectivity index (χ4v) is 3.12. The predicted molar refractivity (Wildman–Crippen MR) is 86.3 cm³/mol. The third-order valence-corrected chi connectivity index (χ3v) is 4.40. The number of para-hydroxylation sites is 1.